The Hall–Kier alpha value is -4.34. The minimum Gasteiger partial charge on any atom is -0.493 e. The Labute approximate surface area is 189 Å². The Morgan fingerprint density at radius 3 is 2.61 bits per heavy atom. The van der Waals surface area contributed by atoms with Gasteiger partial charge in [0.25, 0.3) is 5.91 Å². The highest BCUT2D eigenvalue weighted by Gasteiger charge is 2.35. The number of carboxylic acids is 1. The zero-order valence-corrected chi connectivity index (χ0v) is 18.2. The number of aliphatic carboxylic acids is 1. The molecule has 0 radical (unpaired) electrons. The predicted octanol–water partition coefficient (Wildman–Crippen LogP) is 2.39. The number of hydrogen-bond acceptors (Lipinski definition) is 6. The third-order valence-electron chi connectivity index (χ3n) is 4.74. The molecular weight excluding hydrogens is 430 g/mol. The van der Waals surface area contributed by atoms with E-state index in [1.807, 2.05) is 13.0 Å². The maximum Gasteiger partial charge on any atom is 0.344 e. The summed E-state index contributed by atoms with van der Waals surface area (Å²) in [6, 6.07) is 11.1. The van der Waals surface area contributed by atoms with Crippen LogP contribution in [0.5, 0.6) is 11.5 Å². The van der Waals surface area contributed by atoms with Crippen LogP contribution < -0.4 is 20.1 Å². The number of nitrogens with zero attached hydrogens (tertiary/aromatic N) is 1. The van der Waals surface area contributed by atoms with Crippen LogP contribution in [0.15, 0.2) is 48.2 Å². The van der Waals surface area contributed by atoms with Crippen LogP contribution in [0.25, 0.3) is 6.08 Å². The van der Waals surface area contributed by atoms with E-state index >= 15 is 0 Å². The van der Waals surface area contributed by atoms with Crippen molar-refractivity contribution in [1.29, 1.82) is 0 Å². The lowest BCUT2D eigenvalue weighted by molar-refractivity contribution is -0.144. The molecule has 2 aromatic carbocycles. The smallest absolute Gasteiger partial charge is 0.344 e. The molecule has 0 saturated carbocycles. The minimum absolute atomic E-state index is 0.0931. The molecule has 10 heteroatoms. The molecule has 1 atom stereocenters. The summed E-state index contributed by atoms with van der Waals surface area (Å²) in [6.45, 7) is 2.74. The van der Waals surface area contributed by atoms with E-state index in [2.05, 4.69) is 10.6 Å². The van der Waals surface area contributed by atoms with Gasteiger partial charge in [-0.2, -0.15) is 0 Å². The lowest BCUT2D eigenvalue weighted by atomic mass is 10.1. The van der Waals surface area contributed by atoms with E-state index in [1.54, 1.807) is 36.4 Å². The Balaban J connectivity index is 1.80. The van der Waals surface area contributed by atoms with Crippen molar-refractivity contribution in [3.05, 3.63) is 59.3 Å². The van der Waals surface area contributed by atoms with Crippen molar-refractivity contribution in [2.45, 2.75) is 20.0 Å². The molecule has 0 bridgehead atoms. The molecule has 2 aromatic rings. The maximum absolute atomic E-state index is 12.8. The topological polar surface area (TPSA) is 134 Å². The van der Waals surface area contributed by atoms with Gasteiger partial charge in [0.2, 0.25) is 5.91 Å². The number of anilines is 1. The molecule has 3 rings (SSSR count). The Morgan fingerprint density at radius 2 is 1.94 bits per heavy atom. The van der Waals surface area contributed by atoms with Crippen LogP contribution in [0, 0.1) is 6.92 Å². The molecule has 0 aliphatic carbocycles. The van der Waals surface area contributed by atoms with Gasteiger partial charge in [-0.3, -0.25) is 9.59 Å². The van der Waals surface area contributed by atoms with Gasteiger partial charge in [0.05, 0.1) is 7.11 Å². The first-order valence-electron chi connectivity index (χ1n) is 9.97. The summed E-state index contributed by atoms with van der Waals surface area (Å²) in [5.41, 5.74) is 1.72. The quantitative estimate of drug-likeness (QED) is 0.413. The van der Waals surface area contributed by atoms with Crippen LogP contribution in [-0.4, -0.2) is 53.6 Å². The summed E-state index contributed by atoms with van der Waals surface area (Å²) in [4.78, 5) is 49.5. The minimum atomic E-state index is -1.19. The van der Waals surface area contributed by atoms with E-state index in [-0.39, 0.29) is 17.2 Å². The van der Waals surface area contributed by atoms with Crippen LogP contribution in [0.1, 0.15) is 18.1 Å². The lowest BCUT2D eigenvalue weighted by Gasteiger charge is -2.16. The lowest BCUT2D eigenvalue weighted by Crippen LogP contribution is -2.38. The molecule has 0 unspecified atom stereocenters. The van der Waals surface area contributed by atoms with E-state index in [0.717, 1.165) is 10.5 Å². The number of aryl methyl sites for hydroxylation is 1. The van der Waals surface area contributed by atoms with Crippen LogP contribution >= 0.6 is 0 Å². The number of carbonyl (C=O) groups excluding carboxylic acids is 3. The number of para-hydroxylation sites is 1. The summed E-state index contributed by atoms with van der Waals surface area (Å²) in [5, 5.41) is 14.2. The first-order chi connectivity index (χ1) is 15.7. The molecule has 1 aliphatic rings. The molecule has 10 nitrogen and oxygen atoms in total. The van der Waals surface area contributed by atoms with E-state index < -0.39 is 36.5 Å². The number of benzene rings is 2. The zero-order chi connectivity index (χ0) is 24.1. The fraction of sp³-hybridized carbons (Fsp3) is 0.217. The highest BCUT2D eigenvalue weighted by molar-refractivity contribution is 6.16. The maximum atomic E-state index is 12.8. The van der Waals surface area contributed by atoms with E-state index in [9.17, 15) is 19.2 Å². The fourth-order valence-electron chi connectivity index (χ4n) is 3.10. The number of rotatable bonds is 8. The number of methoxy groups -OCH3 is 1. The van der Waals surface area contributed by atoms with Gasteiger partial charge in [0, 0.05) is 11.3 Å². The van der Waals surface area contributed by atoms with Gasteiger partial charge in [0.1, 0.15) is 12.2 Å². The van der Waals surface area contributed by atoms with Crippen molar-refractivity contribution in [2.24, 2.45) is 0 Å². The van der Waals surface area contributed by atoms with Gasteiger partial charge in [-0.25, -0.2) is 14.5 Å². The normalized spacial score (nSPS) is 15.2. The first kappa shape index (κ1) is 23.3. The monoisotopic (exact) mass is 453 g/mol. The zero-order valence-electron chi connectivity index (χ0n) is 18.2. The number of hydrogen-bond donors (Lipinski definition) is 3. The Morgan fingerprint density at radius 1 is 1.21 bits per heavy atom. The Bertz CT molecular complexity index is 1140. The van der Waals surface area contributed by atoms with Crippen LogP contribution in [0.2, 0.25) is 0 Å². The highest BCUT2D eigenvalue weighted by Crippen LogP contribution is 2.34. The number of ether oxygens (including phenoxy) is 2. The number of nitrogens with one attached hydrogen (secondary N) is 2. The molecule has 1 fully saturated rings. The molecular formula is C23H23N3O7. The second-order valence-electron chi connectivity index (χ2n) is 7.27. The van der Waals surface area contributed by atoms with Gasteiger partial charge in [-0.1, -0.05) is 24.3 Å². The second kappa shape index (κ2) is 9.86. The average Bonchev–Trinajstić information content (AvgIpc) is 3.02. The highest BCUT2D eigenvalue weighted by atomic mass is 16.5. The molecule has 1 saturated heterocycles. The first-order valence-corrected chi connectivity index (χ1v) is 9.97. The third kappa shape index (κ3) is 5.48. The van der Waals surface area contributed by atoms with Gasteiger partial charge < -0.3 is 25.2 Å². The van der Waals surface area contributed by atoms with E-state index in [1.165, 1.54) is 20.1 Å². The van der Waals surface area contributed by atoms with Gasteiger partial charge >= 0.3 is 12.0 Å². The van der Waals surface area contributed by atoms with Crippen molar-refractivity contribution >= 4 is 35.6 Å². The average molecular weight is 453 g/mol. The molecule has 1 aliphatic heterocycles. The van der Waals surface area contributed by atoms with Crippen molar-refractivity contribution in [1.82, 2.24) is 10.2 Å². The van der Waals surface area contributed by atoms with Crippen LogP contribution in [0.3, 0.4) is 0 Å². The molecule has 0 aromatic heterocycles. The van der Waals surface area contributed by atoms with Gasteiger partial charge in [-0.15, -0.1) is 0 Å². The third-order valence-corrected chi connectivity index (χ3v) is 4.74. The van der Waals surface area contributed by atoms with Crippen molar-refractivity contribution in [2.75, 3.05) is 19.0 Å². The van der Waals surface area contributed by atoms with Gasteiger partial charge in [0.15, 0.2) is 17.6 Å². The summed E-state index contributed by atoms with van der Waals surface area (Å²) in [5.74, 6) is -2.08. The Kier molecular flexibility index (Phi) is 6.97. The molecule has 0 spiro atoms. The van der Waals surface area contributed by atoms with Crippen molar-refractivity contribution in [3.63, 3.8) is 0 Å². The number of carbonyl (C=O) groups is 4. The number of amides is 4. The molecule has 1 heterocycles. The fourth-order valence-corrected chi connectivity index (χ4v) is 3.10. The predicted molar refractivity (Wildman–Crippen MR) is 119 cm³/mol. The number of imide groups is 1. The van der Waals surface area contributed by atoms with Crippen molar-refractivity contribution in [3.8, 4) is 11.5 Å². The van der Waals surface area contributed by atoms with E-state index in [4.69, 9.17) is 14.6 Å². The van der Waals surface area contributed by atoms with Gasteiger partial charge in [-0.05, 0) is 43.7 Å². The van der Waals surface area contributed by atoms with E-state index in [0.29, 0.717) is 11.3 Å². The molecule has 3 N–H and O–H groups in total. The molecule has 33 heavy (non-hydrogen) atoms. The van der Waals surface area contributed by atoms with Crippen molar-refractivity contribution < 1.29 is 33.8 Å². The number of carboxylic acid groups (broad SMARTS) is 1. The summed E-state index contributed by atoms with van der Waals surface area (Å²) in [7, 11) is 1.39. The van der Waals surface area contributed by atoms with Crippen LogP contribution in [-0.2, 0) is 14.4 Å². The summed E-state index contributed by atoms with van der Waals surface area (Å²) < 4.78 is 10.7. The summed E-state index contributed by atoms with van der Waals surface area (Å²) >= 11 is 0. The molecule has 172 valence electrons. The largest absolute Gasteiger partial charge is 0.493 e. The van der Waals surface area contributed by atoms with Crippen LogP contribution in [0.4, 0.5) is 10.5 Å². The standard InChI is InChI=1S/C23H23N3O7/c1-13-6-4-8-16(10-13)24-19(27)12-26-21(28)17(25-23(26)31)11-15-7-5-9-18(32-3)20(15)33-14(2)22(29)30/h4-11,14H,12H2,1-3H3,(H,24,27)(H,25,31)(H,29,30)/b17-11-/t14-/m0/s1. The summed E-state index contributed by atoms with van der Waals surface area (Å²) in [6.07, 6.45) is 0.152. The number of urea groups is 1. The SMILES string of the molecule is COc1cccc(/C=C2\NC(=O)N(CC(=O)Nc3cccc(C)c3)C2=O)c1O[C@@H](C)C(=O)O. The molecule has 4 amide bonds. The second-order valence-corrected chi connectivity index (χ2v) is 7.27.